The Hall–Kier alpha value is -3.33. The fourth-order valence-electron chi connectivity index (χ4n) is 3.79. The predicted molar refractivity (Wildman–Crippen MR) is 133 cm³/mol. The van der Waals surface area contributed by atoms with Gasteiger partial charge in [-0.3, -0.25) is 9.59 Å². The maximum absolute atomic E-state index is 14.3. The van der Waals surface area contributed by atoms with E-state index in [0.717, 1.165) is 25.6 Å². The molecule has 0 bridgehead atoms. The van der Waals surface area contributed by atoms with E-state index in [1.54, 1.807) is 6.07 Å². The summed E-state index contributed by atoms with van der Waals surface area (Å²) in [7, 11) is 1.88. The largest absolute Gasteiger partial charge is 0.364 e. The van der Waals surface area contributed by atoms with Crippen molar-refractivity contribution in [1.82, 2.24) is 15.1 Å². The van der Waals surface area contributed by atoms with E-state index in [9.17, 15) is 14.0 Å². The molecule has 1 unspecified atom stereocenters. The number of carbonyl (C=O) groups is 1. The predicted octanol–water partition coefficient (Wildman–Crippen LogP) is 4.72. The van der Waals surface area contributed by atoms with E-state index in [0.29, 0.717) is 17.1 Å². The molecule has 3 N–H and O–H groups in total. The summed E-state index contributed by atoms with van der Waals surface area (Å²) in [5.74, 6) is -1.77. The number of amides is 1. The Morgan fingerprint density at radius 2 is 1.97 bits per heavy atom. The van der Waals surface area contributed by atoms with Gasteiger partial charge in [0.1, 0.15) is 11.5 Å². The lowest BCUT2D eigenvalue weighted by Gasteiger charge is -2.15. The Bertz CT molecular complexity index is 1430. The van der Waals surface area contributed by atoms with Gasteiger partial charge in [-0.05, 0) is 60.1 Å². The van der Waals surface area contributed by atoms with Gasteiger partial charge in [0.15, 0.2) is 5.69 Å². The molecule has 4 aromatic rings. The molecule has 4 rings (SSSR count). The molecule has 0 aliphatic carbocycles. The van der Waals surface area contributed by atoms with Crippen molar-refractivity contribution in [1.29, 1.82) is 0 Å². The lowest BCUT2D eigenvalue weighted by Crippen LogP contribution is -2.28. The lowest BCUT2D eigenvalue weighted by molar-refractivity contribution is 0.0992. The van der Waals surface area contributed by atoms with Gasteiger partial charge in [-0.15, -0.1) is 11.3 Å². The second-order valence-electron chi connectivity index (χ2n) is 7.77. The number of nitrogens with zero attached hydrogens (tertiary/aromatic N) is 2. The van der Waals surface area contributed by atoms with Crippen molar-refractivity contribution in [2.75, 3.05) is 7.05 Å². The zero-order valence-corrected chi connectivity index (χ0v) is 20.1. The maximum atomic E-state index is 14.3. The van der Waals surface area contributed by atoms with E-state index in [-0.39, 0.29) is 17.3 Å². The Labute approximate surface area is 204 Å². The van der Waals surface area contributed by atoms with Crippen LogP contribution in [0.3, 0.4) is 0 Å². The highest BCUT2D eigenvalue weighted by Crippen LogP contribution is 2.37. The average Bonchev–Trinajstić information content (AvgIpc) is 3.30. The third kappa shape index (κ3) is 4.65. The summed E-state index contributed by atoms with van der Waals surface area (Å²) in [5.41, 5.74) is 7.41. The van der Waals surface area contributed by atoms with E-state index in [1.165, 1.54) is 35.6 Å². The second-order valence-corrected chi connectivity index (χ2v) is 9.32. The minimum Gasteiger partial charge on any atom is -0.364 e. The summed E-state index contributed by atoms with van der Waals surface area (Å²) in [6, 6.07) is 16.7. The Morgan fingerprint density at radius 1 is 1.21 bits per heavy atom. The number of nitrogens with one attached hydrogen (secondary N) is 1. The summed E-state index contributed by atoms with van der Waals surface area (Å²) in [5, 5.41) is 7.92. The number of thiophene rings is 1. The number of benzene rings is 2. The molecule has 0 saturated heterocycles. The van der Waals surface area contributed by atoms with Gasteiger partial charge >= 0.3 is 0 Å². The third-order valence-corrected chi connectivity index (χ3v) is 7.04. The van der Waals surface area contributed by atoms with Gasteiger partial charge in [-0.2, -0.15) is 9.78 Å². The highest BCUT2D eigenvalue weighted by Gasteiger charge is 2.23. The number of hydrogen-bond donors (Lipinski definition) is 2. The number of halogens is 2. The van der Waals surface area contributed by atoms with E-state index in [2.05, 4.69) is 10.4 Å². The molecule has 6 nitrogen and oxygen atoms in total. The number of rotatable bonds is 7. The van der Waals surface area contributed by atoms with Crippen LogP contribution in [-0.4, -0.2) is 22.7 Å². The van der Waals surface area contributed by atoms with Gasteiger partial charge in [-0.25, -0.2) is 4.39 Å². The highest BCUT2D eigenvalue weighted by atomic mass is 35.5. The number of carbonyl (C=O) groups excluding carboxylic acids is 1. The quantitative estimate of drug-likeness (QED) is 0.387. The fourth-order valence-corrected chi connectivity index (χ4v) is 5.10. The van der Waals surface area contributed by atoms with Crippen LogP contribution in [0.1, 0.15) is 39.3 Å². The second kappa shape index (κ2) is 9.89. The number of para-hydroxylation sites is 1. The number of nitrogens with two attached hydrogens (primary N) is 1. The van der Waals surface area contributed by atoms with Crippen molar-refractivity contribution >= 4 is 28.8 Å². The molecule has 0 fully saturated rings. The number of primary amides is 1. The molecule has 0 spiro atoms. The van der Waals surface area contributed by atoms with Gasteiger partial charge in [0.25, 0.3) is 11.5 Å². The average molecular weight is 497 g/mol. The van der Waals surface area contributed by atoms with Crippen LogP contribution >= 0.6 is 22.9 Å². The molecule has 174 valence electrons. The molecular formula is C25H22ClFN4O2S. The molecule has 9 heteroatoms. The van der Waals surface area contributed by atoms with Crippen LogP contribution < -0.4 is 16.6 Å². The van der Waals surface area contributed by atoms with E-state index in [1.807, 2.05) is 44.3 Å². The van der Waals surface area contributed by atoms with Crippen LogP contribution in [0.4, 0.5) is 4.39 Å². The third-order valence-electron chi connectivity index (χ3n) is 5.50. The first-order valence-corrected chi connectivity index (χ1v) is 11.7. The summed E-state index contributed by atoms with van der Waals surface area (Å²) >= 11 is 7.77. The van der Waals surface area contributed by atoms with E-state index >= 15 is 0 Å². The van der Waals surface area contributed by atoms with Gasteiger partial charge in [-0.1, -0.05) is 36.7 Å². The number of hydrogen-bond acceptors (Lipinski definition) is 5. The summed E-state index contributed by atoms with van der Waals surface area (Å²) < 4.78 is 15.1. The normalized spacial score (nSPS) is 12.0. The lowest BCUT2D eigenvalue weighted by atomic mass is 9.98. The molecule has 0 radical (unpaired) electrons. The first-order valence-electron chi connectivity index (χ1n) is 10.5. The molecule has 34 heavy (non-hydrogen) atoms. The first-order chi connectivity index (χ1) is 16.3. The molecule has 0 aliphatic heterocycles. The van der Waals surface area contributed by atoms with Crippen LogP contribution in [0.5, 0.6) is 0 Å². The fraction of sp³-hybridized carbons (Fsp3) is 0.160. The SMILES string of the molecule is CNCc1ccc(Cl)cc1-c1ccc(C(C)c2cc(=O)n(-c3ccccc3F)nc2C(N)=O)s1. The van der Waals surface area contributed by atoms with Gasteiger partial charge < -0.3 is 11.1 Å². The first kappa shape index (κ1) is 23.8. The molecular weight excluding hydrogens is 475 g/mol. The molecule has 0 saturated carbocycles. The van der Waals surface area contributed by atoms with Crippen molar-refractivity contribution in [3.05, 3.63) is 104 Å². The molecule has 1 amide bonds. The van der Waals surface area contributed by atoms with Crippen LogP contribution in [0.25, 0.3) is 16.1 Å². The maximum Gasteiger partial charge on any atom is 0.271 e. The Morgan fingerprint density at radius 3 is 2.68 bits per heavy atom. The highest BCUT2D eigenvalue weighted by molar-refractivity contribution is 7.15. The van der Waals surface area contributed by atoms with Crippen molar-refractivity contribution in [3.8, 4) is 16.1 Å². The van der Waals surface area contributed by atoms with Crippen LogP contribution in [-0.2, 0) is 6.54 Å². The monoisotopic (exact) mass is 496 g/mol. The molecule has 2 aromatic heterocycles. The van der Waals surface area contributed by atoms with Gasteiger partial charge in [0, 0.05) is 33.3 Å². The van der Waals surface area contributed by atoms with E-state index < -0.39 is 17.3 Å². The van der Waals surface area contributed by atoms with Crippen molar-refractivity contribution in [2.24, 2.45) is 5.73 Å². The van der Waals surface area contributed by atoms with Crippen LogP contribution in [0.2, 0.25) is 5.02 Å². The standard InChI is InChI=1S/C25H22ClFN4O2S/c1-14(21-9-10-22(34-21)18-11-16(26)8-7-15(18)13-29-2)17-12-23(32)31(30-24(17)25(28)33)20-6-4-3-5-19(20)27/h3-12,14,29H,13H2,1-2H3,(H2,28,33). The topological polar surface area (TPSA) is 90.0 Å². The molecule has 2 aromatic carbocycles. The van der Waals surface area contributed by atoms with Crippen LogP contribution in [0, 0.1) is 5.82 Å². The minimum absolute atomic E-state index is 0.0503. The zero-order valence-electron chi connectivity index (χ0n) is 18.5. The molecule has 1 atom stereocenters. The van der Waals surface area contributed by atoms with Crippen molar-refractivity contribution in [3.63, 3.8) is 0 Å². The Balaban J connectivity index is 1.77. The Kier molecular flexibility index (Phi) is 6.92. The molecule has 0 aliphatic rings. The van der Waals surface area contributed by atoms with Gasteiger partial charge in [0.2, 0.25) is 0 Å². The smallest absolute Gasteiger partial charge is 0.271 e. The van der Waals surface area contributed by atoms with Crippen molar-refractivity contribution < 1.29 is 9.18 Å². The van der Waals surface area contributed by atoms with Crippen LogP contribution in [0.15, 0.2) is 65.5 Å². The van der Waals surface area contributed by atoms with E-state index in [4.69, 9.17) is 17.3 Å². The summed E-state index contributed by atoms with van der Waals surface area (Å²) in [6.45, 7) is 2.55. The molecule has 2 heterocycles. The summed E-state index contributed by atoms with van der Waals surface area (Å²) in [6.07, 6.45) is 0. The van der Waals surface area contributed by atoms with Crippen molar-refractivity contribution in [2.45, 2.75) is 19.4 Å². The summed E-state index contributed by atoms with van der Waals surface area (Å²) in [4.78, 5) is 27.0. The van der Waals surface area contributed by atoms with Gasteiger partial charge in [0.05, 0.1) is 0 Å². The number of aromatic nitrogens is 2. The zero-order chi connectivity index (χ0) is 24.4. The minimum atomic E-state index is -0.796.